The van der Waals surface area contributed by atoms with Crippen molar-refractivity contribution in [3.8, 4) is 0 Å². The van der Waals surface area contributed by atoms with Gasteiger partial charge in [0.2, 0.25) is 0 Å². The van der Waals surface area contributed by atoms with Gasteiger partial charge in [0.25, 0.3) is 0 Å². The van der Waals surface area contributed by atoms with Gasteiger partial charge in [0, 0.05) is 28.6 Å². The minimum absolute atomic E-state index is 0.0286. The fraction of sp³-hybridized carbons (Fsp3) is 0.318. The molecule has 146 valence electrons. The molecule has 0 saturated carbocycles. The minimum Gasteiger partial charge on any atom is -0.612 e. The van der Waals surface area contributed by atoms with Crippen LogP contribution in [0, 0.1) is 0 Å². The third-order valence-corrected chi connectivity index (χ3v) is 6.75. The summed E-state index contributed by atoms with van der Waals surface area (Å²) in [6.07, 6.45) is 4.58. The van der Waals surface area contributed by atoms with Crippen LogP contribution in [0.4, 0.5) is 0 Å². The van der Waals surface area contributed by atoms with Gasteiger partial charge in [-0.05, 0) is 59.8 Å². The topological polar surface area (TPSA) is 65.3 Å². The highest BCUT2D eigenvalue weighted by molar-refractivity contribution is 7.91. The van der Waals surface area contributed by atoms with Crippen molar-refractivity contribution in [2.24, 2.45) is 0 Å². The molecule has 0 amide bonds. The Kier molecular flexibility index (Phi) is 5.41. The second-order valence-electron chi connectivity index (χ2n) is 7.37. The molecule has 2 aromatic carbocycles. The Morgan fingerprint density at radius 1 is 1.29 bits per heavy atom. The quantitative estimate of drug-likeness (QED) is 0.598. The van der Waals surface area contributed by atoms with E-state index in [1.807, 2.05) is 36.4 Å². The molecule has 1 aromatic heterocycles. The van der Waals surface area contributed by atoms with E-state index in [2.05, 4.69) is 10.6 Å². The van der Waals surface area contributed by atoms with Gasteiger partial charge >= 0.3 is 5.97 Å². The average molecular weight is 416 g/mol. The van der Waals surface area contributed by atoms with Crippen molar-refractivity contribution >= 4 is 39.6 Å². The lowest BCUT2D eigenvalue weighted by atomic mass is 9.84. The molecule has 3 aromatic rings. The number of carbonyl (C=O) groups is 1. The molecule has 4 rings (SSSR count). The summed E-state index contributed by atoms with van der Waals surface area (Å²) in [5.41, 5.74) is 4.37. The molecule has 0 unspecified atom stereocenters. The highest BCUT2D eigenvalue weighted by Crippen LogP contribution is 2.42. The van der Waals surface area contributed by atoms with E-state index in [1.165, 1.54) is 5.56 Å². The lowest BCUT2D eigenvalue weighted by molar-refractivity contribution is -0.137. The number of aryl methyl sites for hydroxylation is 1. The molecule has 2 atom stereocenters. The van der Waals surface area contributed by atoms with Gasteiger partial charge in [-0.3, -0.25) is 4.79 Å². The molecule has 1 aliphatic rings. The lowest BCUT2D eigenvalue weighted by Gasteiger charge is -2.25. The zero-order valence-corrected chi connectivity index (χ0v) is 17.2. The van der Waals surface area contributed by atoms with Crippen LogP contribution in [0.5, 0.6) is 0 Å². The molecule has 28 heavy (non-hydrogen) atoms. The van der Waals surface area contributed by atoms with Crippen LogP contribution in [-0.4, -0.2) is 26.5 Å². The van der Waals surface area contributed by atoms with Gasteiger partial charge in [0.15, 0.2) is 4.90 Å². The van der Waals surface area contributed by atoms with Crippen molar-refractivity contribution < 1.29 is 14.5 Å². The number of hydrogen-bond acceptors (Lipinski definition) is 2. The van der Waals surface area contributed by atoms with Crippen LogP contribution in [0.15, 0.2) is 47.4 Å². The molecule has 0 saturated heterocycles. The summed E-state index contributed by atoms with van der Waals surface area (Å²) < 4.78 is 14.7. The highest BCUT2D eigenvalue weighted by atomic mass is 35.5. The Bertz CT molecular complexity index is 1030. The number of nitrogens with zero attached hydrogens (tertiary/aromatic N) is 1. The maximum absolute atomic E-state index is 12.5. The first-order valence-electron chi connectivity index (χ1n) is 9.39. The maximum Gasteiger partial charge on any atom is 0.304 e. The van der Waals surface area contributed by atoms with Gasteiger partial charge in [-0.1, -0.05) is 35.9 Å². The van der Waals surface area contributed by atoms with Gasteiger partial charge in [-0.15, -0.1) is 0 Å². The van der Waals surface area contributed by atoms with Crippen LogP contribution in [0.1, 0.15) is 42.0 Å². The molecule has 0 spiro atoms. The monoisotopic (exact) mass is 415 g/mol. The summed E-state index contributed by atoms with van der Waals surface area (Å²) in [7, 11) is 0. The van der Waals surface area contributed by atoms with Gasteiger partial charge in [0.05, 0.1) is 6.42 Å². The van der Waals surface area contributed by atoms with Gasteiger partial charge in [0.1, 0.15) is 11.8 Å². The molecule has 0 aliphatic heterocycles. The molecule has 0 radical (unpaired) electrons. The normalized spacial score (nSPS) is 17.5. The Labute approximate surface area is 172 Å². The van der Waals surface area contributed by atoms with Crippen molar-refractivity contribution in [2.45, 2.75) is 43.0 Å². The lowest BCUT2D eigenvalue weighted by Crippen LogP contribution is -2.18. The summed E-state index contributed by atoms with van der Waals surface area (Å²) >= 11 is 4.90. The van der Waals surface area contributed by atoms with E-state index in [0.29, 0.717) is 11.6 Å². The van der Waals surface area contributed by atoms with E-state index in [-0.39, 0.29) is 12.3 Å². The van der Waals surface area contributed by atoms with Crippen LogP contribution in [0.2, 0.25) is 5.02 Å². The number of rotatable bonds is 5. The fourth-order valence-electron chi connectivity index (χ4n) is 4.44. The van der Waals surface area contributed by atoms with E-state index in [1.54, 1.807) is 6.26 Å². The average Bonchev–Trinajstić information content (AvgIpc) is 2.98. The summed E-state index contributed by atoms with van der Waals surface area (Å²) in [5.74, 6) is -0.806. The Morgan fingerprint density at radius 2 is 2.04 bits per heavy atom. The first kappa shape index (κ1) is 19.4. The number of carboxylic acids is 1. The third kappa shape index (κ3) is 3.54. The number of benzene rings is 2. The standard InChI is InChI=1S/C22H22ClNO3S/c1-28(27)19-7-3-6-18-17-5-2-4-15(12-20(25)26)21(17)24(22(18)19)13-14-8-10-16(23)11-9-14/h3,6-11,15H,2,4-5,12-13H2,1H3,(H,25,26)/t15-,28+/m1/s1. The molecule has 0 fully saturated rings. The number of aromatic nitrogens is 1. The smallest absolute Gasteiger partial charge is 0.304 e. The van der Waals surface area contributed by atoms with E-state index in [0.717, 1.165) is 46.3 Å². The van der Waals surface area contributed by atoms with Crippen LogP contribution in [-0.2, 0) is 28.9 Å². The Morgan fingerprint density at radius 3 is 2.71 bits per heavy atom. The maximum atomic E-state index is 12.5. The zero-order valence-electron chi connectivity index (χ0n) is 15.7. The van der Waals surface area contributed by atoms with E-state index < -0.39 is 17.1 Å². The van der Waals surface area contributed by atoms with Crippen LogP contribution >= 0.6 is 11.6 Å². The summed E-state index contributed by atoms with van der Waals surface area (Å²) in [6, 6.07) is 13.6. The van der Waals surface area contributed by atoms with Crippen molar-refractivity contribution in [2.75, 3.05) is 6.26 Å². The van der Waals surface area contributed by atoms with Crippen molar-refractivity contribution in [1.29, 1.82) is 0 Å². The van der Waals surface area contributed by atoms with Crippen LogP contribution < -0.4 is 0 Å². The molecule has 6 heteroatoms. The molecule has 4 nitrogen and oxygen atoms in total. The number of para-hydroxylation sites is 1. The van der Waals surface area contributed by atoms with Crippen molar-refractivity contribution in [1.82, 2.24) is 4.57 Å². The largest absolute Gasteiger partial charge is 0.612 e. The zero-order chi connectivity index (χ0) is 19.8. The van der Waals surface area contributed by atoms with Crippen molar-refractivity contribution in [3.05, 3.63) is 64.3 Å². The van der Waals surface area contributed by atoms with Crippen molar-refractivity contribution in [3.63, 3.8) is 0 Å². The summed E-state index contributed by atoms with van der Waals surface area (Å²) in [6.45, 7) is 0.604. The highest BCUT2D eigenvalue weighted by Gasteiger charge is 2.31. The number of halogens is 1. The molecular weight excluding hydrogens is 394 g/mol. The van der Waals surface area contributed by atoms with Gasteiger partial charge in [-0.25, -0.2) is 0 Å². The molecule has 0 bridgehead atoms. The van der Waals surface area contributed by atoms with Crippen LogP contribution in [0.3, 0.4) is 0 Å². The molecule has 1 heterocycles. The molecule has 1 aliphatic carbocycles. The number of fused-ring (bicyclic) bond motifs is 3. The van der Waals surface area contributed by atoms with E-state index in [4.69, 9.17) is 11.6 Å². The first-order valence-corrected chi connectivity index (χ1v) is 11.3. The number of carboxylic acid groups (broad SMARTS) is 1. The molecule has 1 N–H and O–H groups in total. The molecular formula is C22H22ClNO3S. The second kappa shape index (κ2) is 7.82. The summed E-state index contributed by atoms with van der Waals surface area (Å²) in [5, 5.41) is 11.2. The fourth-order valence-corrected chi connectivity index (χ4v) is 5.32. The first-order chi connectivity index (χ1) is 13.5. The van der Waals surface area contributed by atoms with Gasteiger partial charge < -0.3 is 14.2 Å². The Hall–Kier alpha value is -1.95. The predicted octanol–water partition coefficient (Wildman–Crippen LogP) is 4.98. The Balaban J connectivity index is 1.96. The number of hydrogen-bond donors (Lipinski definition) is 1. The third-order valence-electron chi connectivity index (χ3n) is 5.54. The second-order valence-corrected chi connectivity index (χ2v) is 9.15. The predicted molar refractivity (Wildman–Crippen MR) is 113 cm³/mol. The number of aliphatic carboxylic acids is 1. The van der Waals surface area contributed by atoms with Crippen LogP contribution in [0.25, 0.3) is 10.9 Å². The minimum atomic E-state index is -1.13. The SMILES string of the molecule is C[S@+]([O-])c1cccc2c3c(n(Cc4ccc(Cl)cc4)c12)[C@@H](CC(=O)O)CCC3. The van der Waals surface area contributed by atoms with E-state index in [9.17, 15) is 14.5 Å². The summed E-state index contributed by atoms with van der Waals surface area (Å²) in [4.78, 5) is 12.3. The van der Waals surface area contributed by atoms with E-state index >= 15 is 0 Å². The van der Waals surface area contributed by atoms with Gasteiger partial charge in [-0.2, -0.15) is 0 Å².